The van der Waals surface area contributed by atoms with Crippen LogP contribution in [-0.4, -0.2) is 34.1 Å². The lowest BCUT2D eigenvalue weighted by Gasteiger charge is -2.12. The highest BCUT2D eigenvalue weighted by atomic mass is 16.5. The zero-order valence-corrected chi connectivity index (χ0v) is 16.2. The maximum Gasteiger partial charge on any atom is 0.328 e. The van der Waals surface area contributed by atoms with Gasteiger partial charge < -0.3 is 14.6 Å². The van der Waals surface area contributed by atoms with Gasteiger partial charge in [-0.1, -0.05) is 36.2 Å². The zero-order valence-electron chi connectivity index (χ0n) is 16.2. The number of esters is 1. The molecule has 0 saturated heterocycles. The zero-order chi connectivity index (χ0) is 19.4. The number of nitrogens with zero attached hydrogens (tertiary/aromatic N) is 2. The van der Waals surface area contributed by atoms with Crippen LogP contribution in [0.3, 0.4) is 0 Å². The standard InChI is InChI=1S/C21H27N3O3/c1-4-27-21(26)15(3)22-20(25)18-17-8-6-5-7-13-24(17)19(23-18)16-11-9-14(2)10-12-16/h9-12,15H,4-8,13H2,1-3H3,(H,22,25)/t15-/m0/s1. The molecule has 0 unspecified atom stereocenters. The molecule has 1 aromatic carbocycles. The van der Waals surface area contributed by atoms with E-state index >= 15 is 0 Å². The summed E-state index contributed by atoms with van der Waals surface area (Å²) in [5, 5.41) is 2.74. The van der Waals surface area contributed by atoms with Crippen molar-refractivity contribution in [2.75, 3.05) is 6.61 Å². The predicted molar refractivity (Wildman–Crippen MR) is 104 cm³/mol. The molecule has 0 radical (unpaired) electrons. The van der Waals surface area contributed by atoms with Crippen molar-refractivity contribution >= 4 is 11.9 Å². The van der Waals surface area contributed by atoms with Gasteiger partial charge in [-0.2, -0.15) is 0 Å². The number of carbonyl (C=O) groups excluding carboxylic acids is 2. The van der Waals surface area contributed by atoms with Crippen LogP contribution in [0.25, 0.3) is 11.4 Å². The van der Waals surface area contributed by atoms with Crippen LogP contribution in [-0.2, 0) is 22.5 Å². The van der Waals surface area contributed by atoms with E-state index in [1.165, 1.54) is 5.56 Å². The Labute approximate surface area is 159 Å². The van der Waals surface area contributed by atoms with Gasteiger partial charge in [-0.15, -0.1) is 0 Å². The van der Waals surface area contributed by atoms with Crippen LogP contribution >= 0.6 is 0 Å². The molecule has 2 aromatic rings. The number of rotatable bonds is 5. The van der Waals surface area contributed by atoms with Crippen molar-refractivity contribution in [2.45, 2.75) is 59.0 Å². The Kier molecular flexibility index (Phi) is 5.94. The van der Waals surface area contributed by atoms with Gasteiger partial charge in [0.05, 0.1) is 12.3 Å². The molecule has 6 nitrogen and oxygen atoms in total. The Morgan fingerprint density at radius 3 is 2.67 bits per heavy atom. The molecule has 1 aliphatic heterocycles. The second-order valence-corrected chi connectivity index (χ2v) is 7.01. The number of aromatic nitrogens is 2. The van der Waals surface area contributed by atoms with Crippen LogP contribution in [0.2, 0.25) is 0 Å². The van der Waals surface area contributed by atoms with Gasteiger partial charge in [-0.25, -0.2) is 9.78 Å². The fourth-order valence-electron chi connectivity index (χ4n) is 3.42. The summed E-state index contributed by atoms with van der Waals surface area (Å²) in [7, 11) is 0. The molecule has 0 saturated carbocycles. The van der Waals surface area contributed by atoms with Gasteiger partial charge in [-0.05, 0) is 40.0 Å². The van der Waals surface area contributed by atoms with Crippen molar-refractivity contribution in [2.24, 2.45) is 0 Å². The van der Waals surface area contributed by atoms with Gasteiger partial charge in [0.1, 0.15) is 17.6 Å². The molecule has 27 heavy (non-hydrogen) atoms. The first-order valence-electron chi connectivity index (χ1n) is 9.65. The van der Waals surface area contributed by atoms with Gasteiger partial charge in [0.2, 0.25) is 0 Å². The minimum atomic E-state index is -0.705. The summed E-state index contributed by atoms with van der Waals surface area (Å²) in [6.45, 7) is 6.56. The van der Waals surface area contributed by atoms with E-state index in [0.717, 1.165) is 49.3 Å². The lowest BCUT2D eigenvalue weighted by molar-refractivity contribution is -0.144. The summed E-state index contributed by atoms with van der Waals surface area (Å²) in [4.78, 5) is 29.4. The molecular weight excluding hydrogens is 342 g/mol. The van der Waals surface area contributed by atoms with Gasteiger partial charge in [-0.3, -0.25) is 4.79 Å². The van der Waals surface area contributed by atoms with Crippen LogP contribution in [0.5, 0.6) is 0 Å². The molecule has 1 aliphatic rings. The Balaban J connectivity index is 1.94. The first kappa shape index (κ1) is 19.1. The fourth-order valence-corrected chi connectivity index (χ4v) is 3.42. The Morgan fingerprint density at radius 1 is 1.22 bits per heavy atom. The Hall–Kier alpha value is -2.63. The molecule has 1 N–H and O–H groups in total. The second kappa shape index (κ2) is 8.37. The maximum atomic E-state index is 12.9. The van der Waals surface area contributed by atoms with E-state index in [9.17, 15) is 9.59 Å². The van der Waals surface area contributed by atoms with E-state index in [1.807, 2.05) is 19.1 Å². The number of imidazole rings is 1. The molecule has 6 heteroatoms. The molecule has 1 amide bonds. The van der Waals surface area contributed by atoms with Crippen molar-refractivity contribution < 1.29 is 14.3 Å². The predicted octanol–water partition coefficient (Wildman–Crippen LogP) is 3.27. The topological polar surface area (TPSA) is 73.2 Å². The van der Waals surface area contributed by atoms with Crippen LogP contribution in [0, 0.1) is 6.92 Å². The molecule has 0 spiro atoms. The summed E-state index contributed by atoms with van der Waals surface area (Å²) in [6, 6.07) is 7.48. The Bertz CT molecular complexity index is 824. The van der Waals surface area contributed by atoms with Crippen molar-refractivity contribution in [3.8, 4) is 11.4 Å². The van der Waals surface area contributed by atoms with Gasteiger partial charge in [0.15, 0.2) is 0 Å². The number of amides is 1. The number of fused-ring (bicyclic) bond motifs is 1. The highest BCUT2D eigenvalue weighted by molar-refractivity contribution is 5.96. The minimum Gasteiger partial charge on any atom is -0.464 e. The monoisotopic (exact) mass is 369 g/mol. The largest absolute Gasteiger partial charge is 0.464 e. The second-order valence-electron chi connectivity index (χ2n) is 7.01. The Morgan fingerprint density at radius 2 is 1.96 bits per heavy atom. The summed E-state index contributed by atoms with van der Waals surface area (Å²) in [5.74, 6) is 0.0651. The number of hydrogen-bond acceptors (Lipinski definition) is 4. The molecule has 1 atom stereocenters. The maximum absolute atomic E-state index is 12.9. The molecular formula is C21H27N3O3. The molecule has 0 bridgehead atoms. The summed E-state index contributed by atoms with van der Waals surface area (Å²) in [6.07, 6.45) is 4.06. The van der Waals surface area contributed by atoms with Gasteiger partial charge >= 0.3 is 5.97 Å². The lowest BCUT2D eigenvalue weighted by atomic mass is 10.1. The molecule has 0 aliphatic carbocycles. The molecule has 1 aromatic heterocycles. The van der Waals surface area contributed by atoms with Gasteiger partial charge in [0, 0.05) is 12.1 Å². The highest BCUT2D eigenvalue weighted by Crippen LogP contribution is 2.27. The summed E-state index contributed by atoms with van der Waals surface area (Å²) in [5.41, 5.74) is 3.56. The third kappa shape index (κ3) is 4.21. The first-order valence-corrected chi connectivity index (χ1v) is 9.65. The van der Waals surface area contributed by atoms with Crippen LogP contribution in [0.15, 0.2) is 24.3 Å². The first-order chi connectivity index (χ1) is 13.0. The van der Waals surface area contributed by atoms with Crippen molar-refractivity contribution in [3.05, 3.63) is 41.2 Å². The van der Waals surface area contributed by atoms with E-state index in [0.29, 0.717) is 5.69 Å². The number of hydrogen-bond donors (Lipinski definition) is 1. The highest BCUT2D eigenvalue weighted by Gasteiger charge is 2.26. The smallest absolute Gasteiger partial charge is 0.328 e. The van der Waals surface area contributed by atoms with E-state index in [-0.39, 0.29) is 12.5 Å². The molecule has 2 heterocycles. The SMILES string of the molecule is CCOC(=O)[C@H](C)NC(=O)c1nc(-c2ccc(C)cc2)n2c1CCCCC2. The van der Waals surface area contributed by atoms with E-state index < -0.39 is 12.0 Å². The fraction of sp³-hybridized carbons (Fsp3) is 0.476. The lowest BCUT2D eigenvalue weighted by Crippen LogP contribution is -2.40. The van der Waals surface area contributed by atoms with Crippen molar-refractivity contribution in [3.63, 3.8) is 0 Å². The number of nitrogens with one attached hydrogen (secondary N) is 1. The molecule has 144 valence electrons. The van der Waals surface area contributed by atoms with Crippen molar-refractivity contribution in [1.29, 1.82) is 0 Å². The number of ether oxygens (including phenoxy) is 1. The van der Waals surface area contributed by atoms with E-state index in [4.69, 9.17) is 9.72 Å². The van der Waals surface area contributed by atoms with Crippen LogP contribution < -0.4 is 5.32 Å². The average molecular weight is 369 g/mol. The van der Waals surface area contributed by atoms with Crippen LogP contribution in [0.1, 0.15) is 54.9 Å². The van der Waals surface area contributed by atoms with Crippen molar-refractivity contribution in [1.82, 2.24) is 14.9 Å². The summed E-state index contributed by atoms with van der Waals surface area (Å²) < 4.78 is 7.15. The number of carbonyl (C=O) groups is 2. The van der Waals surface area contributed by atoms with Gasteiger partial charge in [0.25, 0.3) is 5.91 Å². The molecule has 3 rings (SSSR count). The minimum absolute atomic E-state index is 0.288. The number of benzene rings is 1. The number of aryl methyl sites for hydroxylation is 1. The summed E-state index contributed by atoms with van der Waals surface area (Å²) >= 11 is 0. The quantitative estimate of drug-likeness (QED) is 0.821. The van der Waals surface area contributed by atoms with E-state index in [1.54, 1.807) is 13.8 Å². The van der Waals surface area contributed by atoms with Crippen LogP contribution in [0.4, 0.5) is 0 Å². The van der Waals surface area contributed by atoms with E-state index in [2.05, 4.69) is 22.0 Å². The third-order valence-corrected chi connectivity index (χ3v) is 4.88. The molecule has 0 fully saturated rings. The normalized spacial score (nSPS) is 14.8. The third-order valence-electron chi connectivity index (χ3n) is 4.88. The average Bonchev–Trinajstić information content (AvgIpc) is 2.84.